The third-order valence-electron chi connectivity index (χ3n) is 10.5. The predicted molar refractivity (Wildman–Crippen MR) is 229 cm³/mol. The molecule has 0 aromatic rings. The standard InChI is InChI=1S/C45H82O12S/c1-3-5-7-9-11-13-15-17-19-21-23-25-27-29-31-33-40(46)54-35-38(36-55-45-44(50)43(49)42(48)39(57-45)37-58(51,52)53)56-41(47)34-32-30-28-26-24-22-20-18-16-14-12-10-8-6-4-2/h18,20,23,25,38-39,42-45,48-50H,3-17,19,21-22,24,26-37H2,1-2H3,(H,51,52,53)/b20-18+,25-23+/t38-,39-,42-,43?,44?,45+/m1/s1. The van der Waals surface area contributed by atoms with Crippen molar-refractivity contribution in [3.05, 3.63) is 24.3 Å². The summed E-state index contributed by atoms with van der Waals surface area (Å²) in [6.45, 7) is 3.73. The summed E-state index contributed by atoms with van der Waals surface area (Å²) in [6.07, 6.45) is 29.4. The van der Waals surface area contributed by atoms with E-state index in [4.69, 9.17) is 18.9 Å². The van der Waals surface area contributed by atoms with Gasteiger partial charge in [-0.15, -0.1) is 0 Å². The van der Waals surface area contributed by atoms with Gasteiger partial charge in [-0.2, -0.15) is 8.42 Å². The van der Waals surface area contributed by atoms with Gasteiger partial charge < -0.3 is 34.3 Å². The van der Waals surface area contributed by atoms with Gasteiger partial charge in [-0.25, -0.2) is 0 Å². The van der Waals surface area contributed by atoms with E-state index in [1.54, 1.807) is 0 Å². The summed E-state index contributed by atoms with van der Waals surface area (Å²) in [5, 5.41) is 30.9. The van der Waals surface area contributed by atoms with Crippen LogP contribution in [0.1, 0.15) is 194 Å². The van der Waals surface area contributed by atoms with Gasteiger partial charge in [0.15, 0.2) is 12.4 Å². The van der Waals surface area contributed by atoms with Crippen molar-refractivity contribution < 1.29 is 56.8 Å². The van der Waals surface area contributed by atoms with Crippen LogP contribution < -0.4 is 0 Å². The van der Waals surface area contributed by atoms with E-state index in [9.17, 15) is 37.9 Å². The number of carbonyl (C=O) groups excluding carboxylic acids is 2. The Morgan fingerprint density at radius 3 is 1.47 bits per heavy atom. The fraction of sp³-hybridized carbons (Fsp3) is 0.867. The Bertz CT molecular complexity index is 1180. The summed E-state index contributed by atoms with van der Waals surface area (Å²) in [5.41, 5.74) is 0. The smallest absolute Gasteiger partial charge is 0.306 e. The lowest BCUT2D eigenvalue weighted by molar-refractivity contribution is -0.297. The van der Waals surface area contributed by atoms with Crippen LogP contribution in [-0.2, 0) is 38.7 Å². The maximum absolute atomic E-state index is 12.8. The van der Waals surface area contributed by atoms with Crippen LogP contribution in [0, 0.1) is 0 Å². The van der Waals surface area contributed by atoms with Gasteiger partial charge in [-0.3, -0.25) is 14.1 Å². The zero-order valence-electron chi connectivity index (χ0n) is 36.2. The van der Waals surface area contributed by atoms with E-state index < -0.39 is 71.2 Å². The molecule has 1 heterocycles. The minimum absolute atomic E-state index is 0.152. The van der Waals surface area contributed by atoms with Crippen LogP contribution in [0.3, 0.4) is 0 Å². The van der Waals surface area contributed by atoms with Gasteiger partial charge in [0.05, 0.1) is 6.61 Å². The molecule has 1 rings (SSSR count). The number of aliphatic hydroxyl groups is 3. The fourth-order valence-electron chi connectivity index (χ4n) is 6.90. The SMILES string of the molecule is CCCCCCCC/C=C/CCCCCCCC(=O)O[C@H](COC(=O)CCCC/C=C/CCCCCCCCCCC)CO[C@H]1O[C@H](CS(=O)(=O)O)[C@@H](O)C(O)C1O. The van der Waals surface area contributed by atoms with Crippen molar-refractivity contribution in [1.82, 2.24) is 0 Å². The summed E-state index contributed by atoms with van der Waals surface area (Å²) in [4.78, 5) is 25.4. The maximum atomic E-state index is 12.8. The lowest BCUT2D eigenvalue weighted by atomic mass is 10.00. The zero-order valence-corrected chi connectivity index (χ0v) is 37.0. The normalized spacial score (nSPS) is 20.6. The molecule has 1 saturated heterocycles. The van der Waals surface area contributed by atoms with Gasteiger partial charge in [0.1, 0.15) is 36.8 Å². The molecule has 340 valence electrons. The van der Waals surface area contributed by atoms with Crippen LogP contribution in [0.2, 0.25) is 0 Å². The van der Waals surface area contributed by atoms with Gasteiger partial charge in [0, 0.05) is 12.8 Å². The van der Waals surface area contributed by atoms with Gasteiger partial charge in [-0.1, -0.05) is 141 Å². The molecule has 0 aromatic carbocycles. The fourth-order valence-corrected chi connectivity index (χ4v) is 7.59. The number of hydrogen-bond donors (Lipinski definition) is 4. The number of hydrogen-bond acceptors (Lipinski definition) is 11. The molecular weight excluding hydrogens is 765 g/mol. The Kier molecular flexibility index (Phi) is 33.5. The van der Waals surface area contributed by atoms with Crippen molar-refractivity contribution in [1.29, 1.82) is 0 Å². The van der Waals surface area contributed by atoms with E-state index in [2.05, 4.69) is 38.2 Å². The van der Waals surface area contributed by atoms with E-state index in [-0.39, 0.29) is 19.4 Å². The van der Waals surface area contributed by atoms with E-state index >= 15 is 0 Å². The van der Waals surface area contributed by atoms with Crippen molar-refractivity contribution in [3.8, 4) is 0 Å². The van der Waals surface area contributed by atoms with Gasteiger partial charge in [-0.05, 0) is 64.2 Å². The molecule has 1 aliphatic heterocycles. The number of aliphatic hydroxyl groups excluding tert-OH is 3. The van der Waals surface area contributed by atoms with Crippen molar-refractivity contribution in [3.63, 3.8) is 0 Å². The number of unbranched alkanes of at least 4 members (excludes halogenated alkanes) is 22. The molecule has 0 radical (unpaired) electrons. The summed E-state index contributed by atoms with van der Waals surface area (Å²) in [6, 6.07) is 0. The molecule has 1 fully saturated rings. The molecule has 0 aromatic heterocycles. The molecule has 6 atom stereocenters. The molecular formula is C45H82O12S. The predicted octanol–water partition coefficient (Wildman–Crippen LogP) is 9.23. The first kappa shape index (κ1) is 54.1. The number of carbonyl (C=O) groups is 2. The average molecular weight is 847 g/mol. The first-order chi connectivity index (χ1) is 28.0. The van der Waals surface area contributed by atoms with E-state index in [1.807, 2.05) is 0 Å². The molecule has 0 bridgehead atoms. The second kappa shape index (κ2) is 35.8. The second-order valence-corrected chi connectivity index (χ2v) is 17.6. The van der Waals surface area contributed by atoms with Crippen LogP contribution in [0.4, 0.5) is 0 Å². The Morgan fingerprint density at radius 1 is 0.569 bits per heavy atom. The minimum Gasteiger partial charge on any atom is -0.462 e. The zero-order chi connectivity index (χ0) is 42.7. The third kappa shape index (κ3) is 30.2. The number of allylic oxidation sites excluding steroid dienone is 4. The van der Waals surface area contributed by atoms with Crippen molar-refractivity contribution in [2.45, 2.75) is 230 Å². The number of ether oxygens (including phenoxy) is 4. The summed E-state index contributed by atoms with van der Waals surface area (Å²) < 4.78 is 54.0. The highest BCUT2D eigenvalue weighted by atomic mass is 32.2. The highest BCUT2D eigenvalue weighted by Crippen LogP contribution is 2.24. The molecule has 0 saturated carbocycles. The second-order valence-electron chi connectivity index (χ2n) is 16.1. The Labute approximate surface area is 351 Å². The van der Waals surface area contributed by atoms with Gasteiger partial charge >= 0.3 is 11.9 Å². The lowest BCUT2D eigenvalue weighted by Crippen LogP contribution is -2.60. The highest BCUT2D eigenvalue weighted by molar-refractivity contribution is 7.85. The van der Waals surface area contributed by atoms with Crippen LogP contribution in [-0.4, -0.2) is 96.0 Å². The van der Waals surface area contributed by atoms with E-state index in [0.717, 1.165) is 57.8 Å². The Balaban J connectivity index is 2.46. The first-order valence-corrected chi connectivity index (χ1v) is 24.5. The van der Waals surface area contributed by atoms with E-state index in [0.29, 0.717) is 12.8 Å². The molecule has 1 aliphatic rings. The van der Waals surface area contributed by atoms with Crippen molar-refractivity contribution in [2.24, 2.45) is 0 Å². The molecule has 4 N–H and O–H groups in total. The quantitative estimate of drug-likeness (QED) is 0.0200. The first-order valence-electron chi connectivity index (χ1n) is 22.9. The topological polar surface area (TPSA) is 186 Å². The Morgan fingerprint density at radius 2 is 0.983 bits per heavy atom. The van der Waals surface area contributed by atoms with Crippen LogP contribution >= 0.6 is 0 Å². The van der Waals surface area contributed by atoms with Gasteiger partial charge in [0.25, 0.3) is 10.1 Å². The number of esters is 2. The molecule has 0 aliphatic carbocycles. The van der Waals surface area contributed by atoms with Crippen molar-refractivity contribution in [2.75, 3.05) is 19.0 Å². The maximum Gasteiger partial charge on any atom is 0.306 e. The monoisotopic (exact) mass is 847 g/mol. The minimum atomic E-state index is -4.60. The summed E-state index contributed by atoms with van der Waals surface area (Å²) in [7, 11) is -4.60. The third-order valence-corrected chi connectivity index (χ3v) is 11.3. The average Bonchev–Trinajstić information content (AvgIpc) is 3.18. The van der Waals surface area contributed by atoms with Crippen LogP contribution in [0.25, 0.3) is 0 Å². The number of rotatable bonds is 38. The molecule has 12 nitrogen and oxygen atoms in total. The lowest BCUT2D eigenvalue weighted by Gasteiger charge is -2.40. The van der Waals surface area contributed by atoms with E-state index in [1.165, 1.54) is 96.3 Å². The van der Waals surface area contributed by atoms with Gasteiger partial charge in [0.2, 0.25) is 0 Å². The highest BCUT2D eigenvalue weighted by Gasteiger charge is 2.46. The molecule has 2 unspecified atom stereocenters. The van der Waals surface area contributed by atoms with Crippen LogP contribution in [0.5, 0.6) is 0 Å². The van der Waals surface area contributed by atoms with Crippen LogP contribution in [0.15, 0.2) is 24.3 Å². The van der Waals surface area contributed by atoms with Crippen molar-refractivity contribution >= 4 is 22.1 Å². The largest absolute Gasteiger partial charge is 0.462 e. The molecule has 58 heavy (non-hydrogen) atoms. The molecule has 0 spiro atoms. The Hall–Kier alpha value is -1.87. The molecule has 0 amide bonds. The molecule has 13 heteroatoms. The summed E-state index contributed by atoms with van der Waals surface area (Å²) >= 11 is 0. The summed E-state index contributed by atoms with van der Waals surface area (Å²) in [5.74, 6) is -2.02.